The van der Waals surface area contributed by atoms with Gasteiger partial charge < -0.3 is 8.85 Å². The van der Waals surface area contributed by atoms with Crippen LogP contribution in [0.4, 0.5) is 0 Å². The Morgan fingerprint density at radius 2 is 1.63 bits per heavy atom. The molecule has 0 heterocycles. The van der Waals surface area contributed by atoms with E-state index in [1.807, 2.05) is 0 Å². The van der Waals surface area contributed by atoms with Crippen LogP contribution < -0.4 is 0 Å². The molecule has 7 unspecified atom stereocenters. The summed E-state index contributed by atoms with van der Waals surface area (Å²) in [6.45, 7) is 21.6. The molecule has 7 atom stereocenters. The van der Waals surface area contributed by atoms with Gasteiger partial charge in [0.15, 0.2) is 8.32 Å². The maximum atomic E-state index is 6.94. The molecule has 0 radical (unpaired) electrons. The van der Waals surface area contributed by atoms with Crippen molar-refractivity contribution < 1.29 is 8.85 Å². The van der Waals surface area contributed by atoms with Crippen LogP contribution in [0.15, 0.2) is 23.5 Å². The third kappa shape index (κ3) is 3.94. The molecule has 0 bridgehead atoms. The Labute approximate surface area is 188 Å². The van der Waals surface area contributed by atoms with Gasteiger partial charge >= 0.3 is 0 Å². The number of hydrogen-bond acceptors (Lipinski definition) is 2. The van der Waals surface area contributed by atoms with Crippen LogP contribution in [0.1, 0.15) is 59.3 Å². The van der Waals surface area contributed by atoms with E-state index < -0.39 is 16.6 Å². The van der Waals surface area contributed by atoms with Crippen molar-refractivity contribution in [1.29, 1.82) is 0 Å². The second-order valence-corrected chi connectivity index (χ2v) is 22.1. The molecule has 0 spiro atoms. The molecule has 0 saturated heterocycles. The maximum absolute atomic E-state index is 6.94. The van der Waals surface area contributed by atoms with Crippen molar-refractivity contribution in [3.63, 3.8) is 0 Å². The first-order valence-electron chi connectivity index (χ1n) is 12.5. The number of rotatable bonds is 4. The number of hydrogen-bond donors (Lipinski definition) is 0. The fourth-order valence-corrected chi connectivity index (χ4v) is 10.5. The molecule has 0 aromatic carbocycles. The van der Waals surface area contributed by atoms with Crippen molar-refractivity contribution in [3.05, 3.63) is 23.5 Å². The van der Waals surface area contributed by atoms with Gasteiger partial charge in [0.2, 0.25) is 8.32 Å². The molecule has 2 saturated carbocycles. The van der Waals surface area contributed by atoms with Gasteiger partial charge in [-0.15, -0.1) is 0 Å². The van der Waals surface area contributed by atoms with Crippen molar-refractivity contribution in [2.75, 3.05) is 0 Å². The standard InChI is InChI=1S/C26H46O2Si2/c1-18-16-19-17-20(27-29(4,5)6)10-11-21(19)22-12-14-25(2)23(24(18)22)13-15-26(25,3)28-30(7,8)9/h16-18,21-24H,10-15H2,1-9H3. The Morgan fingerprint density at radius 1 is 0.933 bits per heavy atom. The molecule has 30 heavy (non-hydrogen) atoms. The third-order valence-electron chi connectivity index (χ3n) is 8.92. The van der Waals surface area contributed by atoms with E-state index in [0.29, 0.717) is 11.3 Å². The van der Waals surface area contributed by atoms with Crippen molar-refractivity contribution in [1.82, 2.24) is 0 Å². The summed E-state index contributed by atoms with van der Waals surface area (Å²) in [6, 6.07) is 0. The van der Waals surface area contributed by atoms with Crippen molar-refractivity contribution in [2.45, 2.75) is 104 Å². The second kappa shape index (κ2) is 7.35. The molecule has 0 amide bonds. The van der Waals surface area contributed by atoms with Crippen LogP contribution in [0.2, 0.25) is 39.3 Å². The van der Waals surface area contributed by atoms with Crippen LogP contribution in [-0.4, -0.2) is 22.2 Å². The first-order valence-corrected chi connectivity index (χ1v) is 19.4. The highest BCUT2D eigenvalue weighted by atomic mass is 28.4. The summed E-state index contributed by atoms with van der Waals surface area (Å²) < 4.78 is 13.3. The van der Waals surface area contributed by atoms with Crippen LogP contribution in [0.3, 0.4) is 0 Å². The number of allylic oxidation sites excluding steroid dienone is 4. The van der Waals surface area contributed by atoms with E-state index in [9.17, 15) is 0 Å². The highest BCUT2D eigenvalue weighted by Gasteiger charge is 2.62. The van der Waals surface area contributed by atoms with E-state index in [0.717, 1.165) is 30.1 Å². The lowest BCUT2D eigenvalue weighted by Gasteiger charge is -2.57. The Morgan fingerprint density at radius 3 is 2.27 bits per heavy atom. The summed E-state index contributed by atoms with van der Waals surface area (Å²) in [4.78, 5) is 0. The SMILES string of the molecule is CC1C=C2C=C(O[Si](C)(C)C)CCC2C2CCC3(C)C(CCC3(C)O[Si](C)(C)C)C12. The average Bonchev–Trinajstić information content (AvgIpc) is 2.82. The minimum Gasteiger partial charge on any atom is -0.547 e. The average molecular weight is 447 g/mol. The van der Waals surface area contributed by atoms with Crippen LogP contribution in [0.5, 0.6) is 0 Å². The molecule has 2 nitrogen and oxygen atoms in total. The summed E-state index contributed by atoms with van der Waals surface area (Å²) in [5.41, 5.74) is 2.01. The van der Waals surface area contributed by atoms with Crippen LogP contribution >= 0.6 is 0 Å². The first-order chi connectivity index (χ1) is 13.7. The molecule has 4 rings (SSSR count). The lowest BCUT2D eigenvalue weighted by Crippen LogP contribution is -2.55. The summed E-state index contributed by atoms with van der Waals surface area (Å²) in [5, 5.41) is 0. The van der Waals surface area contributed by atoms with Gasteiger partial charge in [-0.3, -0.25) is 0 Å². The largest absolute Gasteiger partial charge is 0.547 e. The van der Waals surface area contributed by atoms with E-state index >= 15 is 0 Å². The molecular weight excluding hydrogens is 400 g/mol. The zero-order valence-corrected chi connectivity index (χ0v) is 23.1. The third-order valence-corrected chi connectivity index (χ3v) is 10.9. The zero-order chi connectivity index (χ0) is 22.1. The minimum absolute atomic E-state index is 0.0711. The van der Waals surface area contributed by atoms with Gasteiger partial charge in [-0.2, -0.15) is 0 Å². The summed E-state index contributed by atoms with van der Waals surface area (Å²) in [7, 11) is -3.09. The maximum Gasteiger partial charge on any atom is 0.241 e. The van der Waals surface area contributed by atoms with Crippen molar-refractivity contribution >= 4 is 16.6 Å². The molecule has 0 N–H and O–H groups in total. The molecule has 0 aromatic rings. The first kappa shape index (κ1) is 22.9. The van der Waals surface area contributed by atoms with Crippen molar-refractivity contribution in [2.24, 2.45) is 35.0 Å². The van der Waals surface area contributed by atoms with Crippen molar-refractivity contribution in [3.8, 4) is 0 Å². The minimum atomic E-state index is -1.56. The molecule has 170 valence electrons. The molecule has 4 aliphatic carbocycles. The summed E-state index contributed by atoms with van der Waals surface area (Å²) in [5.74, 6) is 5.19. The summed E-state index contributed by atoms with van der Waals surface area (Å²) in [6.07, 6.45) is 12.9. The van der Waals surface area contributed by atoms with E-state index in [4.69, 9.17) is 8.85 Å². The quantitative estimate of drug-likeness (QED) is 0.411. The van der Waals surface area contributed by atoms with Gasteiger partial charge in [0.05, 0.1) is 11.4 Å². The Kier molecular flexibility index (Phi) is 5.60. The topological polar surface area (TPSA) is 18.5 Å². The summed E-state index contributed by atoms with van der Waals surface area (Å²) >= 11 is 0. The van der Waals surface area contributed by atoms with Gasteiger partial charge in [0.25, 0.3) is 0 Å². The van der Waals surface area contributed by atoms with E-state index in [2.05, 4.69) is 72.2 Å². The molecule has 0 aliphatic heterocycles. The Balaban J connectivity index is 1.61. The van der Waals surface area contributed by atoms with Gasteiger partial charge in [-0.25, -0.2) is 0 Å². The fourth-order valence-electron chi connectivity index (χ4n) is 7.87. The lowest BCUT2D eigenvalue weighted by molar-refractivity contribution is -0.100. The Bertz CT molecular complexity index is 743. The van der Waals surface area contributed by atoms with Gasteiger partial charge in [0, 0.05) is 6.42 Å². The molecular formula is C26H46O2Si2. The van der Waals surface area contributed by atoms with Gasteiger partial charge in [-0.05, 0) is 125 Å². The van der Waals surface area contributed by atoms with E-state index in [-0.39, 0.29) is 5.60 Å². The predicted molar refractivity (Wildman–Crippen MR) is 132 cm³/mol. The molecule has 0 aromatic heterocycles. The zero-order valence-electron chi connectivity index (χ0n) is 21.1. The molecule has 4 aliphatic rings. The highest BCUT2D eigenvalue weighted by molar-refractivity contribution is 6.70. The second-order valence-electron chi connectivity index (χ2n) is 13.3. The monoisotopic (exact) mass is 446 g/mol. The van der Waals surface area contributed by atoms with Gasteiger partial charge in [-0.1, -0.05) is 19.9 Å². The van der Waals surface area contributed by atoms with Crippen LogP contribution in [0.25, 0.3) is 0 Å². The Hall–Kier alpha value is -0.326. The fraction of sp³-hybridized carbons (Fsp3) is 0.846. The van der Waals surface area contributed by atoms with E-state index in [1.165, 1.54) is 37.9 Å². The van der Waals surface area contributed by atoms with Crippen LogP contribution in [-0.2, 0) is 8.85 Å². The van der Waals surface area contributed by atoms with E-state index in [1.54, 1.807) is 5.57 Å². The number of fused-ring (bicyclic) bond motifs is 5. The highest BCUT2D eigenvalue weighted by Crippen LogP contribution is 2.66. The lowest BCUT2D eigenvalue weighted by atomic mass is 9.50. The smallest absolute Gasteiger partial charge is 0.241 e. The molecule has 4 heteroatoms. The normalized spacial score (nSPS) is 43.8. The van der Waals surface area contributed by atoms with Crippen LogP contribution in [0, 0.1) is 35.0 Å². The molecule has 2 fully saturated rings. The van der Waals surface area contributed by atoms with Gasteiger partial charge in [0.1, 0.15) is 0 Å². The predicted octanol–water partition coefficient (Wildman–Crippen LogP) is 7.76.